The van der Waals surface area contributed by atoms with Crippen LogP contribution in [-0.2, 0) is 19.1 Å². The molecule has 0 amide bonds. The van der Waals surface area contributed by atoms with Gasteiger partial charge in [0.2, 0.25) is 0 Å². The van der Waals surface area contributed by atoms with Crippen LogP contribution in [0.4, 0.5) is 0 Å². The highest BCUT2D eigenvalue weighted by Gasteiger charge is 2.36. The van der Waals surface area contributed by atoms with Gasteiger partial charge in [-0.1, -0.05) is 18.2 Å². The number of fused-ring (bicyclic) bond motifs is 1. The molecule has 0 saturated carbocycles. The lowest BCUT2D eigenvalue weighted by Gasteiger charge is -2.17. The molecular formula is C15H18O5. The molecular weight excluding hydrogens is 260 g/mol. The minimum Gasteiger partial charge on any atom is -0.490 e. The van der Waals surface area contributed by atoms with E-state index in [0.717, 1.165) is 0 Å². The van der Waals surface area contributed by atoms with Crippen LogP contribution in [0.2, 0.25) is 0 Å². The van der Waals surface area contributed by atoms with Crippen molar-refractivity contribution in [2.45, 2.75) is 38.4 Å². The zero-order valence-electron chi connectivity index (χ0n) is 11.8. The van der Waals surface area contributed by atoms with E-state index in [2.05, 4.69) is 0 Å². The van der Waals surface area contributed by atoms with Gasteiger partial charge in [-0.25, -0.2) is 0 Å². The summed E-state index contributed by atoms with van der Waals surface area (Å²) in [5.41, 5.74) is 0.477. The number of esters is 2. The van der Waals surface area contributed by atoms with Crippen LogP contribution in [0, 0.1) is 0 Å². The number of methoxy groups -OCH3 is 1. The van der Waals surface area contributed by atoms with Crippen LogP contribution in [0.5, 0.6) is 5.75 Å². The van der Waals surface area contributed by atoms with E-state index >= 15 is 0 Å². The lowest BCUT2D eigenvalue weighted by Crippen LogP contribution is -2.28. The van der Waals surface area contributed by atoms with Crippen molar-refractivity contribution in [2.24, 2.45) is 0 Å². The first-order valence-corrected chi connectivity index (χ1v) is 6.56. The minimum absolute atomic E-state index is 0.115. The van der Waals surface area contributed by atoms with Crippen LogP contribution >= 0.6 is 0 Å². The summed E-state index contributed by atoms with van der Waals surface area (Å²) >= 11 is 0. The molecule has 20 heavy (non-hydrogen) atoms. The van der Waals surface area contributed by atoms with Crippen LogP contribution in [0.1, 0.15) is 31.7 Å². The molecule has 0 bridgehead atoms. The highest BCUT2D eigenvalue weighted by Crippen LogP contribution is 2.31. The van der Waals surface area contributed by atoms with E-state index in [1.807, 2.05) is 6.92 Å². The van der Waals surface area contributed by atoms with Gasteiger partial charge in [-0.2, -0.15) is 0 Å². The maximum atomic E-state index is 12.2. The summed E-state index contributed by atoms with van der Waals surface area (Å²) in [5.74, 6) is -1.84. The Labute approximate surface area is 117 Å². The van der Waals surface area contributed by atoms with E-state index in [9.17, 15) is 9.59 Å². The molecule has 2 rings (SSSR count). The number of hydrogen-bond acceptors (Lipinski definition) is 5. The van der Waals surface area contributed by atoms with Gasteiger partial charge in [-0.05, 0) is 19.9 Å². The van der Waals surface area contributed by atoms with Crippen molar-refractivity contribution in [2.75, 3.05) is 7.11 Å². The summed E-state index contributed by atoms with van der Waals surface area (Å²) in [7, 11) is 1.25. The molecule has 0 aromatic heterocycles. The highest BCUT2D eigenvalue weighted by molar-refractivity contribution is 6.01. The Hall–Kier alpha value is -2.04. The fourth-order valence-electron chi connectivity index (χ4n) is 2.34. The molecule has 5 nitrogen and oxygen atoms in total. The largest absolute Gasteiger partial charge is 0.490 e. The average Bonchev–Trinajstić information content (AvgIpc) is 2.43. The summed E-state index contributed by atoms with van der Waals surface area (Å²) in [5, 5.41) is 0. The molecule has 1 aliphatic heterocycles. The van der Waals surface area contributed by atoms with Crippen LogP contribution in [0.25, 0.3) is 0 Å². The molecule has 0 unspecified atom stereocenters. The van der Waals surface area contributed by atoms with Crippen molar-refractivity contribution in [3.8, 4) is 5.75 Å². The highest BCUT2D eigenvalue weighted by atomic mass is 16.6. The van der Waals surface area contributed by atoms with Gasteiger partial charge >= 0.3 is 11.9 Å². The molecule has 5 heteroatoms. The first kappa shape index (κ1) is 14.4. The predicted octanol–water partition coefficient (Wildman–Crippen LogP) is 2.05. The van der Waals surface area contributed by atoms with Crippen molar-refractivity contribution < 1.29 is 23.8 Å². The molecule has 0 aliphatic carbocycles. The number of cyclic esters (lactones) is 1. The van der Waals surface area contributed by atoms with Gasteiger partial charge in [0, 0.05) is 12.0 Å². The number of benzene rings is 1. The molecule has 0 radical (unpaired) electrons. The molecule has 1 aromatic rings. The second-order valence-corrected chi connectivity index (χ2v) is 4.91. The smallest absolute Gasteiger partial charge is 0.325 e. The average molecular weight is 278 g/mol. The number of ether oxygens (including phenoxy) is 3. The van der Waals surface area contributed by atoms with Crippen molar-refractivity contribution in [1.82, 2.24) is 0 Å². The van der Waals surface area contributed by atoms with Gasteiger partial charge in [0.15, 0.2) is 5.92 Å². The summed E-state index contributed by atoms with van der Waals surface area (Å²) < 4.78 is 15.9. The zero-order chi connectivity index (χ0) is 14.7. The third-order valence-corrected chi connectivity index (χ3v) is 3.21. The molecule has 0 fully saturated rings. The van der Waals surface area contributed by atoms with Crippen molar-refractivity contribution in [3.63, 3.8) is 0 Å². The van der Waals surface area contributed by atoms with E-state index in [4.69, 9.17) is 14.2 Å². The minimum atomic E-state index is -1.11. The van der Waals surface area contributed by atoms with E-state index in [-0.39, 0.29) is 12.2 Å². The molecule has 1 heterocycles. The topological polar surface area (TPSA) is 61.8 Å². The van der Waals surface area contributed by atoms with Crippen molar-refractivity contribution >= 4 is 11.9 Å². The lowest BCUT2D eigenvalue weighted by molar-refractivity contribution is -0.159. The van der Waals surface area contributed by atoms with E-state index in [1.54, 1.807) is 31.2 Å². The maximum absolute atomic E-state index is 12.2. The Balaban J connectivity index is 2.49. The Bertz CT molecular complexity index is 511. The maximum Gasteiger partial charge on any atom is 0.325 e. The number of rotatable bonds is 1. The summed E-state index contributed by atoms with van der Waals surface area (Å²) in [4.78, 5) is 24.1. The van der Waals surface area contributed by atoms with Crippen molar-refractivity contribution in [1.29, 1.82) is 0 Å². The van der Waals surface area contributed by atoms with Gasteiger partial charge in [0.05, 0.1) is 13.2 Å². The quantitative estimate of drug-likeness (QED) is 0.581. The first-order valence-electron chi connectivity index (χ1n) is 6.56. The van der Waals surface area contributed by atoms with E-state index in [0.29, 0.717) is 17.7 Å². The van der Waals surface area contributed by atoms with Gasteiger partial charge in [0.1, 0.15) is 11.9 Å². The predicted molar refractivity (Wildman–Crippen MR) is 71.5 cm³/mol. The first-order chi connectivity index (χ1) is 9.52. The third-order valence-electron chi connectivity index (χ3n) is 3.21. The Morgan fingerprint density at radius 2 is 1.85 bits per heavy atom. The summed E-state index contributed by atoms with van der Waals surface area (Å²) in [6.45, 7) is 3.68. The number of hydrogen-bond donors (Lipinski definition) is 0. The Kier molecular flexibility index (Phi) is 4.27. The Morgan fingerprint density at radius 1 is 1.20 bits per heavy atom. The third kappa shape index (κ3) is 2.92. The van der Waals surface area contributed by atoms with E-state index in [1.165, 1.54) is 7.11 Å². The normalized spacial score (nSPS) is 26.1. The van der Waals surface area contributed by atoms with Crippen LogP contribution in [0.3, 0.4) is 0 Å². The van der Waals surface area contributed by atoms with Crippen LogP contribution in [0.15, 0.2) is 24.3 Å². The number of carbonyl (C=O) groups excluding carboxylic acids is 2. The van der Waals surface area contributed by atoms with E-state index < -0.39 is 17.9 Å². The second-order valence-electron chi connectivity index (χ2n) is 4.91. The molecule has 1 aromatic carbocycles. The second kappa shape index (κ2) is 5.94. The van der Waals surface area contributed by atoms with Gasteiger partial charge in [-0.3, -0.25) is 9.59 Å². The molecule has 0 N–H and O–H groups in total. The fourth-order valence-corrected chi connectivity index (χ4v) is 2.34. The summed E-state index contributed by atoms with van der Waals surface area (Å²) in [6, 6.07) is 6.97. The standard InChI is InChI=1S/C15H18O5/c1-9-8-10(2)20-15(17)13(14(16)18-3)11-6-4-5-7-12(11)19-9/h4-7,9-10,13H,8H2,1-3H3/t9-,10-,13+/m0/s1. The lowest BCUT2D eigenvalue weighted by atomic mass is 9.98. The monoisotopic (exact) mass is 278 g/mol. The fraction of sp³-hybridized carbons (Fsp3) is 0.467. The molecule has 108 valence electrons. The van der Waals surface area contributed by atoms with Crippen LogP contribution < -0.4 is 4.74 Å². The van der Waals surface area contributed by atoms with Gasteiger partial charge < -0.3 is 14.2 Å². The molecule has 0 spiro atoms. The van der Waals surface area contributed by atoms with Gasteiger partial charge in [-0.15, -0.1) is 0 Å². The van der Waals surface area contributed by atoms with Crippen molar-refractivity contribution in [3.05, 3.63) is 29.8 Å². The SMILES string of the molecule is COC(=O)[C@@H]1C(=O)O[C@@H](C)C[C@H](C)Oc2ccccc21. The Morgan fingerprint density at radius 3 is 2.55 bits per heavy atom. The van der Waals surface area contributed by atoms with Gasteiger partial charge in [0.25, 0.3) is 0 Å². The molecule has 3 atom stereocenters. The number of carbonyl (C=O) groups is 2. The molecule has 1 aliphatic rings. The zero-order valence-corrected chi connectivity index (χ0v) is 11.8. The van der Waals surface area contributed by atoms with Crippen LogP contribution in [-0.4, -0.2) is 31.3 Å². The molecule has 0 saturated heterocycles. The number of para-hydroxylation sites is 1. The summed E-state index contributed by atoms with van der Waals surface area (Å²) in [6.07, 6.45) is 0.128.